The normalized spacial score (nSPS) is 17.8. The van der Waals surface area contributed by atoms with Crippen molar-refractivity contribution in [3.63, 3.8) is 0 Å². The van der Waals surface area contributed by atoms with Crippen molar-refractivity contribution in [2.45, 2.75) is 19.3 Å². The molecule has 3 N–H and O–H groups in total. The van der Waals surface area contributed by atoms with Gasteiger partial charge in [0.25, 0.3) is 0 Å². The maximum atomic E-state index is 11.4. The summed E-state index contributed by atoms with van der Waals surface area (Å²) >= 11 is 0. The van der Waals surface area contributed by atoms with Gasteiger partial charge in [-0.3, -0.25) is 14.4 Å². The smallest absolute Gasteiger partial charge is 0.322 e. The van der Waals surface area contributed by atoms with Gasteiger partial charge in [0, 0.05) is 6.42 Å². The SMILES string of the molecule is O=C(O)CNC(=O)CNC(=O)CC1C=CCC1. The fraction of sp³-hybridized carbons (Fsp3) is 0.545. The van der Waals surface area contributed by atoms with Crippen LogP contribution in [0.2, 0.25) is 0 Å². The molecular weight excluding hydrogens is 224 g/mol. The molecule has 94 valence electrons. The number of aliphatic carboxylic acids is 1. The van der Waals surface area contributed by atoms with Crippen LogP contribution in [0.25, 0.3) is 0 Å². The molecule has 0 saturated carbocycles. The van der Waals surface area contributed by atoms with Crippen LogP contribution in [0.5, 0.6) is 0 Å². The van der Waals surface area contributed by atoms with Crippen LogP contribution in [0.1, 0.15) is 19.3 Å². The molecule has 0 aliphatic heterocycles. The summed E-state index contributed by atoms with van der Waals surface area (Å²) in [6.07, 6.45) is 6.39. The molecule has 6 heteroatoms. The van der Waals surface area contributed by atoms with Crippen LogP contribution in [-0.2, 0) is 14.4 Å². The van der Waals surface area contributed by atoms with Crippen molar-refractivity contribution in [1.29, 1.82) is 0 Å². The lowest BCUT2D eigenvalue weighted by Crippen LogP contribution is -2.39. The lowest BCUT2D eigenvalue weighted by molar-refractivity contribution is -0.137. The first kappa shape index (κ1) is 13.2. The van der Waals surface area contributed by atoms with Crippen LogP contribution in [0.4, 0.5) is 0 Å². The number of nitrogens with one attached hydrogen (secondary N) is 2. The third-order valence-corrected chi connectivity index (χ3v) is 2.44. The second-order valence-electron chi connectivity index (χ2n) is 3.92. The van der Waals surface area contributed by atoms with Crippen molar-refractivity contribution in [3.8, 4) is 0 Å². The fourth-order valence-electron chi connectivity index (χ4n) is 1.59. The van der Waals surface area contributed by atoms with E-state index in [1.54, 1.807) is 0 Å². The number of carbonyl (C=O) groups is 3. The van der Waals surface area contributed by atoms with Gasteiger partial charge >= 0.3 is 5.97 Å². The number of allylic oxidation sites excluding steroid dienone is 2. The number of rotatable bonds is 6. The predicted molar refractivity (Wildman–Crippen MR) is 60.1 cm³/mol. The van der Waals surface area contributed by atoms with Crippen molar-refractivity contribution in [1.82, 2.24) is 10.6 Å². The Morgan fingerprint density at radius 2 is 1.88 bits per heavy atom. The van der Waals surface area contributed by atoms with Crippen molar-refractivity contribution in [2.75, 3.05) is 13.1 Å². The summed E-state index contributed by atoms with van der Waals surface area (Å²) in [5.41, 5.74) is 0. The van der Waals surface area contributed by atoms with Gasteiger partial charge < -0.3 is 15.7 Å². The van der Waals surface area contributed by atoms with Crippen LogP contribution in [-0.4, -0.2) is 36.0 Å². The van der Waals surface area contributed by atoms with E-state index in [2.05, 4.69) is 10.6 Å². The zero-order chi connectivity index (χ0) is 12.7. The monoisotopic (exact) mass is 240 g/mol. The van der Waals surface area contributed by atoms with Gasteiger partial charge in [-0.25, -0.2) is 0 Å². The summed E-state index contributed by atoms with van der Waals surface area (Å²) < 4.78 is 0. The maximum absolute atomic E-state index is 11.4. The van der Waals surface area contributed by atoms with Gasteiger partial charge in [0.2, 0.25) is 11.8 Å². The van der Waals surface area contributed by atoms with E-state index in [0.717, 1.165) is 12.8 Å². The molecule has 1 unspecified atom stereocenters. The third-order valence-electron chi connectivity index (χ3n) is 2.44. The van der Waals surface area contributed by atoms with Crippen LogP contribution < -0.4 is 10.6 Å². The van der Waals surface area contributed by atoms with Crippen LogP contribution >= 0.6 is 0 Å². The third kappa shape index (κ3) is 5.70. The quantitative estimate of drug-likeness (QED) is 0.553. The maximum Gasteiger partial charge on any atom is 0.322 e. The molecule has 1 aliphatic carbocycles. The van der Waals surface area contributed by atoms with Crippen molar-refractivity contribution < 1.29 is 19.5 Å². The number of hydrogen-bond donors (Lipinski definition) is 3. The van der Waals surface area contributed by atoms with E-state index in [9.17, 15) is 14.4 Å². The van der Waals surface area contributed by atoms with E-state index in [-0.39, 0.29) is 18.4 Å². The number of amides is 2. The molecule has 6 nitrogen and oxygen atoms in total. The van der Waals surface area contributed by atoms with Gasteiger partial charge in [-0.2, -0.15) is 0 Å². The molecule has 2 amide bonds. The molecule has 0 aromatic carbocycles. The molecule has 0 radical (unpaired) electrons. The average molecular weight is 240 g/mol. The van der Waals surface area contributed by atoms with E-state index >= 15 is 0 Å². The Balaban J connectivity index is 2.12. The molecule has 0 bridgehead atoms. The minimum Gasteiger partial charge on any atom is -0.480 e. The highest BCUT2D eigenvalue weighted by Crippen LogP contribution is 2.19. The number of carboxylic acids is 1. The Kier molecular flexibility index (Phi) is 5.19. The summed E-state index contributed by atoms with van der Waals surface area (Å²) in [6.45, 7) is -0.609. The minimum absolute atomic E-state index is 0.178. The summed E-state index contributed by atoms with van der Waals surface area (Å²) in [5.74, 6) is -1.53. The van der Waals surface area contributed by atoms with Gasteiger partial charge in [-0.1, -0.05) is 12.2 Å². The van der Waals surface area contributed by atoms with E-state index in [0.29, 0.717) is 6.42 Å². The Morgan fingerprint density at radius 1 is 1.18 bits per heavy atom. The summed E-state index contributed by atoms with van der Waals surface area (Å²) in [5, 5.41) is 12.9. The van der Waals surface area contributed by atoms with Gasteiger partial charge in [0.1, 0.15) is 6.54 Å². The highest BCUT2D eigenvalue weighted by Gasteiger charge is 2.14. The zero-order valence-corrected chi connectivity index (χ0v) is 9.44. The Labute approximate surface area is 99.1 Å². The number of carboxylic acid groups (broad SMARTS) is 1. The first-order valence-corrected chi connectivity index (χ1v) is 5.50. The number of hydrogen-bond acceptors (Lipinski definition) is 3. The molecule has 17 heavy (non-hydrogen) atoms. The molecule has 0 fully saturated rings. The van der Waals surface area contributed by atoms with Crippen LogP contribution in [0, 0.1) is 5.92 Å². The summed E-state index contributed by atoms with van der Waals surface area (Å²) in [4.78, 5) is 32.6. The van der Waals surface area contributed by atoms with E-state index in [1.807, 2.05) is 12.2 Å². The zero-order valence-electron chi connectivity index (χ0n) is 9.44. The molecule has 1 atom stereocenters. The fourth-order valence-corrected chi connectivity index (χ4v) is 1.59. The molecule has 0 heterocycles. The van der Waals surface area contributed by atoms with Crippen LogP contribution in [0.3, 0.4) is 0 Å². The molecule has 0 spiro atoms. The lowest BCUT2D eigenvalue weighted by atomic mass is 10.1. The summed E-state index contributed by atoms with van der Waals surface area (Å²) in [6, 6.07) is 0. The van der Waals surface area contributed by atoms with Gasteiger partial charge in [0.05, 0.1) is 6.54 Å². The molecule has 0 aromatic heterocycles. The second-order valence-corrected chi connectivity index (χ2v) is 3.92. The Bertz CT molecular complexity index is 338. The van der Waals surface area contributed by atoms with Gasteiger partial charge in [-0.15, -0.1) is 0 Å². The van der Waals surface area contributed by atoms with Gasteiger partial charge in [-0.05, 0) is 18.8 Å². The first-order chi connectivity index (χ1) is 8.08. The molecule has 0 aromatic rings. The van der Waals surface area contributed by atoms with E-state index < -0.39 is 18.4 Å². The van der Waals surface area contributed by atoms with E-state index in [4.69, 9.17) is 5.11 Å². The molecule has 0 saturated heterocycles. The highest BCUT2D eigenvalue weighted by atomic mass is 16.4. The van der Waals surface area contributed by atoms with Crippen molar-refractivity contribution in [3.05, 3.63) is 12.2 Å². The summed E-state index contributed by atoms with van der Waals surface area (Å²) in [7, 11) is 0. The highest BCUT2D eigenvalue weighted by molar-refractivity contribution is 5.86. The first-order valence-electron chi connectivity index (χ1n) is 5.50. The average Bonchev–Trinajstić information content (AvgIpc) is 2.76. The predicted octanol–water partition coefficient (Wildman–Crippen LogP) is -0.340. The Morgan fingerprint density at radius 3 is 2.47 bits per heavy atom. The van der Waals surface area contributed by atoms with Crippen molar-refractivity contribution >= 4 is 17.8 Å². The van der Waals surface area contributed by atoms with E-state index in [1.165, 1.54) is 0 Å². The Hall–Kier alpha value is -1.85. The van der Waals surface area contributed by atoms with Gasteiger partial charge in [0.15, 0.2) is 0 Å². The topological polar surface area (TPSA) is 95.5 Å². The largest absolute Gasteiger partial charge is 0.480 e. The minimum atomic E-state index is -1.11. The standard InChI is InChI=1S/C11H16N2O4/c14-9(5-8-3-1-2-4-8)12-6-10(15)13-7-11(16)17/h1,3,8H,2,4-7H2,(H,12,14)(H,13,15)(H,16,17). The van der Waals surface area contributed by atoms with Crippen LogP contribution in [0.15, 0.2) is 12.2 Å². The molecular formula is C11H16N2O4. The lowest BCUT2D eigenvalue weighted by Gasteiger charge is -2.08. The number of carbonyl (C=O) groups excluding carboxylic acids is 2. The van der Waals surface area contributed by atoms with Crippen molar-refractivity contribution in [2.24, 2.45) is 5.92 Å². The molecule has 1 rings (SSSR count). The second kappa shape index (κ2) is 6.67. The molecule has 1 aliphatic rings.